The molecule has 2 heterocycles. The summed E-state index contributed by atoms with van der Waals surface area (Å²) in [7, 11) is 0.829. The molecule has 1 fully saturated rings. The molecule has 2 aromatic heterocycles. The average molecular weight is 687 g/mol. The van der Waals surface area contributed by atoms with Crippen LogP contribution >= 0.6 is 11.3 Å². The van der Waals surface area contributed by atoms with E-state index < -0.39 is 59.9 Å². The summed E-state index contributed by atoms with van der Waals surface area (Å²) < 4.78 is 137. The highest BCUT2D eigenvalue weighted by molar-refractivity contribution is 7.11. The Kier molecular flexibility index (Phi) is 10.6. The van der Waals surface area contributed by atoms with Crippen molar-refractivity contribution in [2.75, 3.05) is 20.5 Å². The summed E-state index contributed by atoms with van der Waals surface area (Å²) in [5.74, 6) is -4.67. The van der Waals surface area contributed by atoms with Gasteiger partial charge in [0, 0.05) is 35.7 Å². The molecule has 3 aromatic rings. The van der Waals surface area contributed by atoms with Crippen molar-refractivity contribution in [3.63, 3.8) is 0 Å². The maximum Gasteiger partial charge on any atom is 0.433 e. The summed E-state index contributed by atoms with van der Waals surface area (Å²) in [5.41, 5.74) is -4.95. The first kappa shape index (κ1) is 35.1. The number of aromatic nitrogens is 2. The van der Waals surface area contributed by atoms with Crippen LogP contribution in [0.1, 0.15) is 52.6 Å². The van der Waals surface area contributed by atoms with Gasteiger partial charge in [0.1, 0.15) is 11.8 Å². The maximum absolute atomic E-state index is 14.3. The predicted molar refractivity (Wildman–Crippen MR) is 142 cm³/mol. The Balaban J connectivity index is 1.98. The fourth-order valence-electron chi connectivity index (χ4n) is 4.61. The van der Waals surface area contributed by atoms with Crippen molar-refractivity contribution in [2.45, 2.75) is 62.3 Å². The van der Waals surface area contributed by atoms with Crippen molar-refractivity contribution >= 4 is 17.3 Å². The number of hydrogen-bond acceptors (Lipinski definition) is 9. The van der Waals surface area contributed by atoms with E-state index in [1.807, 2.05) is 0 Å². The SMILES string of the molecule is CCOC(=O)C(c1ccc[n+]([O-])c1)[C@@H](c1ccc(OC(F)F)c(OC2CC2)c1)c1cnc(C(OCOC)(C(F)(F)F)C(F)(F)F)s1. The van der Waals surface area contributed by atoms with Crippen molar-refractivity contribution in [2.24, 2.45) is 0 Å². The number of pyridine rings is 1. The molecule has 2 atom stereocenters. The van der Waals surface area contributed by atoms with E-state index in [9.17, 15) is 45.1 Å². The molecule has 252 valence electrons. The number of benzene rings is 1. The molecular weight excluding hydrogens is 660 g/mol. The normalized spacial score (nSPS) is 15.5. The topological polar surface area (TPSA) is 103 Å². The monoisotopic (exact) mass is 686 g/mol. The van der Waals surface area contributed by atoms with Gasteiger partial charge in [-0.25, -0.2) is 4.98 Å². The highest BCUT2D eigenvalue weighted by Gasteiger charge is 2.75. The molecule has 0 saturated heterocycles. The van der Waals surface area contributed by atoms with E-state index in [1.54, 1.807) is 0 Å². The summed E-state index contributed by atoms with van der Waals surface area (Å²) in [4.78, 5) is 16.6. The van der Waals surface area contributed by atoms with Gasteiger partial charge in [-0.1, -0.05) is 6.07 Å². The van der Waals surface area contributed by atoms with Crippen LogP contribution in [0.2, 0.25) is 0 Å². The van der Waals surface area contributed by atoms with E-state index >= 15 is 0 Å². The number of alkyl halides is 8. The number of nitrogens with zero attached hydrogens (tertiary/aromatic N) is 2. The van der Waals surface area contributed by atoms with Gasteiger partial charge in [-0.2, -0.15) is 39.9 Å². The molecule has 1 saturated carbocycles. The second kappa shape index (κ2) is 13.9. The van der Waals surface area contributed by atoms with Crippen molar-refractivity contribution < 1.29 is 68.3 Å². The lowest BCUT2D eigenvalue weighted by atomic mass is 9.81. The second-order valence-electron chi connectivity index (χ2n) is 9.90. The van der Waals surface area contributed by atoms with Gasteiger partial charge in [0.15, 0.2) is 23.9 Å². The van der Waals surface area contributed by atoms with Gasteiger partial charge >= 0.3 is 30.5 Å². The van der Waals surface area contributed by atoms with Crippen LogP contribution in [0.5, 0.6) is 11.5 Å². The minimum Gasteiger partial charge on any atom is -0.619 e. The largest absolute Gasteiger partial charge is 0.619 e. The zero-order valence-electron chi connectivity index (χ0n) is 23.9. The molecule has 0 bridgehead atoms. The molecule has 1 aliphatic carbocycles. The van der Waals surface area contributed by atoms with Gasteiger partial charge in [-0.15, -0.1) is 11.3 Å². The summed E-state index contributed by atoms with van der Waals surface area (Å²) in [6.07, 6.45) is -8.60. The van der Waals surface area contributed by atoms with E-state index in [0.29, 0.717) is 23.8 Å². The van der Waals surface area contributed by atoms with Crippen LogP contribution in [0.15, 0.2) is 48.9 Å². The van der Waals surface area contributed by atoms with E-state index in [2.05, 4.69) is 19.2 Å². The third kappa shape index (κ3) is 7.44. The molecule has 0 radical (unpaired) electrons. The first-order chi connectivity index (χ1) is 21.6. The molecule has 1 aliphatic rings. The smallest absolute Gasteiger partial charge is 0.433 e. The Morgan fingerprint density at radius 3 is 2.35 bits per heavy atom. The van der Waals surface area contributed by atoms with Crippen LogP contribution in [0.3, 0.4) is 0 Å². The fourth-order valence-corrected chi connectivity index (χ4v) is 5.88. The van der Waals surface area contributed by atoms with Crippen LogP contribution in [0.4, 0.5) is 35.1 Å². The summed E-state index contributed by atoms with van der Waals surface area (Å²) in [6.45, 7) is -3.40. The third-order valence-electron chi connectivity index (χ3n) is 6.71. The number of methoxy groups -OCH3 is 1. The van der Waals surface area contributed by atoms with Crippen molar-refractivity contribution in [1.29, 1.82) is 0 Å². The van der Waals surface area contributed by atoms with E-state index in [4.69, 9.17) is 9.47 Å². The molecular formula is C28H26F8N2O7S. The number of ether oxygens (including phenoxy) is 5. The number of rotatable bonds is 14. The maximum atomic E-state index is 14.3. The highest BCUT2D eigenvalue weighted by Crippen LogP contribution is 2.55. The molecule has 0 N–H and O–H groups in total. The Hall–Kier alpha value is -3.77. The lowest BCUT2D eigenvalue weighted by Crippen LogP contribution is -2.56. The summed E-state index contributed by atoms with van der Waals surface area (Å²) in [5, 5.41) is 10.6. The summed E-state index contributed by atoms with van der Waals surface area (Å²) >= 11 is -0.0598. The number of carbonyl (C=O) groups excluding carboxylic acids is 1. The molecule has 9 nitrogen and oxygen atoms in total. The summed E-state index contributed by atoms with van der Waals surface area (Å²) in [6, 6.07) is 6.03. The minimum atomic E-state index is -6.08. The molecule has 0 amide bonds. The van der Waals surface area contributed by atoms with Crippen molar-refractivity contribution in [3.8, 4) is 11.5 Å². The quantitative estimate of drug-likeness (QED) is 0.0637. The molecule has 1 unspecified atom stereocenters. The van der Waals surface area contributed by atoms with Gasteiger partial charge < -0.3 is 28.9 Å². The average Bonchev–Trinajstić information content (AvgIpc) is 3.64. The van der Waals surface area contributed by atoms with E-state index in [0.717, 1.165) is 25.6 Å². The number of thiazole rings is 1. The molecule has 0 spiro atoms. The van der Waals surface area contributed by atoms with Gasteiger partial charge in [-0.05, 0) is 43.5 Å². The van der Waals surface area contributed by atoms with Gasteiger partial charge in [0.2, 0.25) is 0 Å². The van der Waals surface area contributed by atoms with Crippen LogP contribution in [-0.2, 0) is 24.6 Å². The van der Waals surface area contributed by atoms with Crippen LogP contribution < -0.4 is 14.2 Å². The molecule has 4 rings (SSSR count). The van der Waals surface area contributed by atoms with Crippen LogP contribution in [0.25, 0.3) is 0 Å². The van der Waals surface area contributed by atoms with Gasteiger partial charge in [0.05, 0.1) is 18.6 Å². The zero-order valence-corrected chi connectivity index (χ0v) is 24.8. The van der Waals surface area contributed by atoms with Crippen molar-refractivity contribution in [1.82, 2.24) is 4.98 Å². The number of esters is 1. The standard InChI is InChI=1S/C28H26F8N2O7S/c1-3-42-23(39)22(16-5-4-10-38(40)13-16)21(15-6-9-18(45-25(29)30)19(11-15)44-17-7-8-17)20-12-37-24(46-20)26(27(31,32)33,28(34,35)36)43-14-41-2/h4-6,9-13,17,21-22,25H,3,7-8,14H2,1-2H3/t21-,22?/m0/s1. The number of hydrogen-bond donors (Lipinski definition) is 0. The van der Waals surface area contributed by atoms with E-state index in [1.165, 1.54) is 31.2 Å². The third-order valence-corrected chi connectivity index (χ3v) is 7.90. The Labute approximate surface area is 260 Å². The first-order valence-corrected chi connectivity index (χ1v) is 14.3. The first-order valence-electron chi connectivity index (χ1n) is 13.5. The minimum absolute atomic E-state index is 0.00856. The Morgan fingerprint density at radius 2 is 1.78 bits per heavy atom. The molecule has 0 aliphatic heterocycles. The fraction of sp³-hybridized carbons (Fsp3) is 0.464. The zero-order chi connectivity index (χ0) is 33.9. The lowest BCUT2D eigenvalue weighted by Gasteiger charge is -2.35. The molecule has 18 heteroatoms. The highest BCUT2D eigenvalue weighted by atomic mass is 32.1. The van der Waals surface area contributed by atoms with E-state index in [-0.39, 0.29) is 45.8 Å². The Morgan fingerprint density at radius 1 is 1.09 bits per heavy atom. The van der Waals surface area contributed by atoms with Crippen molar-refractivity contribution in [3.05, 3.63) is 75.1 Å². The van der Waals surface area contributed by atoms with Gasteiger partial charge in [0.25, 0.3) is 0 Å². The molecule has 1 aromatic carbocycles. The number of halogens is 8. The lowest BCUT2D eigenvalue weighted by molar-refractivity contribution is -0.605. The second-order valence-corrected chi connectivity index (χ2v) is 11.0. The van der Waals surface area contributed by atoms with Crippen LogP contribution in [-0.4, -0.2) is 56.5 Å². The number of carbonyl (C=O) groups is 1. The Bertz CT molecular complexity index is 1480. The predicted octanol–water partition coefficient (Wildman–Crippen LogP) is 6.34. The van der Waals surface area contributed by atoms with Crippen LogP contribution in [0, 0.1) is 5.21 Å². The molecule has 46 heavy (non-hydrogen) atoms. The van der Waals surface area contributed by atoms with Gasteiger partial charge in [-0.3, -0.25) is 4.79 Å².